The molecule has 2 aromatic heterocycles. The Kier molecular flexibility index (Phi) is 6.16. The molecule has 0 unspecified atom stereocenters. The Hall–Kier alpha value is -1.94. The zero-order chi connectivity index (χ0) is 14.9. The third kappa shape index (κ3) is 4.83. The van der Waals surface area contributed by atoms with Crippen LogP contribution < -0.4 is 10.2 Å². The first-order chi connectivity index (χ1) is 10.3. The minimum absolute atomic E-state index is 0.828. The van der Waals surface area contributed by atoms with Crippen molar-refractivity contribution >= 4 is 5.82 Å². The second kappa shape index (κ2) is 8.37. The van der Waals surface area contributed by atoms with Crippen LogP contribution in [0.4, 0.5) is 5.82 Å². The third-order valence-corrected chi connectivity index (χ3v) is 3.35. The predicted molar refractivity (Wildman–Crippen MR) is 87.2 cm³/mol. The summed E-state index contributed by atoms with van der Waals surface area (Å²) in [5, 5.41) is 3.40. The first kappa shape index (κ1) is 15.4. The number of hydrogen-bond donors (Lipinski definition) is 1. The van der Waals surface area contributed by atoms with Crippen molar-refractivity contribution < 1.29 is 0 Å². The highest BCUT2D eigenvalue weighted by atomic mass is 15.2. The number of rotatable bonds is 8. The lowest BCUT2D eigenvalue weighted by molar-refractivity contribution is 0.662. The van der Waals surface area contributed by atoms with Crippen molar-refractivity contribution in [1.29, 1.82) is 0 Å². The average Bonchev–Trinajstić information content (AvgIpc) is 2.54. The Morgan fingerprint density at radius 1 is 1.10 bits per heavy atom. The molecule has 0 atom stereocenters. The topological polar surface area (TPSA) is 41.0 Å². The standard InChI is InChI=1S/C17H24N4/c1-3-10-19-13-16-6-5-7-17(20-16)21(4-2)14-15-8-11-18-12-9-15/h5-9,11-12,19H,3-4,10,13-14H2,1-2H3. The molecule has 0 bridgehead atoms. The Bertz CT molecular complexity index is 527. The van der Waals surface area contributed by atoms with Gasteiger partial charge in [-0.15, -0.1) is 0 Å². The molecule has 21 heavy (non-hydrogen) atoms. The van der Waals surface area contributed by atoms with Gasteiger partial charge in [-0.3, -0.25) is 4.98 Å². The van der Waals surface area contributed by atoms with Crippen molar-refractivity contribution in [3.63, 3.8) is 0 Å². The van der Waals surface area contributed by atoms with Gasteiger partial charge in [0.05, 0.1) is 5.69 Å². The summed E-state index contributed by atoms with van der Waals surface area (Å²) in [6.45, 7) is 7.98. The smallest absolute Gasteiger partial charge is 0.129 e. The van der Waals surface area contributed by atoms with E-state index in [9.17, 15) is 0 Å². The van der Waals surface area contributed by atoms with Crippen molar-refractivity contribution in [3.8, 4) is 0 Å². The zero-order valence-electron chi connectivity index (χ0n) is 12.9. The molecule has 1 N–H and O–H groups in total. The van der Waals surface area contributed by atoms with Gasteiger partial charge in [0.1, 0.15) is 5.82 Å². The molecule has 2 heterocycles. The van der Waals surface area contributed by atoms with Crippen LogP contribution in [0.25, 0.3) is 0 Å². The molecule has 112 valence electrons. The number of pyridine rings is 2. The van der Waals surface area contributed by atoms with Crippen LogP contribution in [0.1, 0.15) is 31.5 Å². The Labute approximate surface area is 127 Å². The monoisotopic (exact) mass is 284 g/mol. The summed E-state index contributed by atoms with van der Waals surface area (Å²) < 4.78 is 0. The Morgan fingerprint density at radius 2 is 1.90 bits per heavy atom. The van der Waals surface area contributed by atoms with E-state index in [-0.39, 0.29) is 0 Å². The van der Waals surface area contributed by atoms with Gasteiger partial charge in [0.2, 0.25) is 0 Å². The number of anilines is 1. The van der Waals surface area contributed by atoms with Gasteiger partial charge >= 0.3 is 0 Å². The molecule has 0 aliphatic heterocycles. The van der Waals surface area contributed by atoms with Crippen molar-refractivity contribution in [2.24, 2.45) is 0 Å². The molecule has 0 amide bonds. The summed E-state index contributed by atoms with van der Waals surface area (Å²) in [5.74, 6) is 1.03. The molecule has 0 saturated carbocycles. The largest absolute Gasteiger partial charge is 0.353 e. The molecular weight excluding hydrogens is 260 g/mol. The van der Waals surface area contributed by atoms with E-state index < -0.39 is 0 Å². The van der Waals surface area contributed by atoms with Gasteiger partial charge in [0.15, 0.2) is 0 Å². The van der Waals surface area contributed by atoms with Crippen LogP contribution in [0.15, 0.2) is 42.7 Å². The molecule has 0 radical (unpaired) electrons. The van der Waals surface area contributed by atoms with E-state index >= 15 is 0 Å². The molecule has 0 fully saturated rings. The molecule has 2 aromatic rings. The maximum Gasteiger partial charge on any atom is 0.129 e. The van der Waals surface area contributed by atoms with Crippen LogP contribution >= 0.6 is 0 Å². The van der Waals surface area contributed by atoms with Crippen LogP contribution in [0, 0.1) is 0 Å². The van der Waals surface area contributed by atoms with Gasteiger partial charge < -0.3 is 10.2 Å². The van der Waals surface area contributed by atoms with E-state index in [1.807, 2.05) is 12.4 Å². The van der Waals surface area contributed by atoms with E-state index in [0.717, 1.165) is 44.1 Å². The third-order valence-electron chi connectivity index (χ3n) is 3.35. The average molecular weight is 284 g/mol. The molecule has 0 aliphatic rings. The quantitative estimate of drug-likeness (QED) is 0.757. The lowest BCUT2D eigenvalue weighted by Gasteiger charge is -2.22. The maximum atomic E-state index is 4.76. The van der Waals surface area contributed by atoms with Crippen molar-refractivity contribution in [2.75, 3.05) is 18.0 Å². The fraction of sp³-hybridized carbons (Fsp3) is 0.412. The van der Waals surface area contributed by atoms with Crippen molar-refractivity contribution in [3.05, 3.63) is 54.0 Å². The van der Waals surface area contributed by atoms with Crippen LogP contribution in [0.3, 0.4) is 0 Å². The fourth-order valence-electron chi connectivity index (χ4n) is 2.20. The van der Waals surface area contributed by atoms with E-state index in [1.165, 1.54) is 5.56 Å². The second-order valence-electron chi connectivity index (χ2n) is 5.03. The van der Waals surface area contributed by atoms with E-state index in [1.54, 1.807) is 0 Å². The molecule has 0 saturated heterocycles. The summed E-state index contributed by atoms with van der Waals surface area (Å²) in [7, 11) is 0. The van der Waals surface area contributed by atoms with E-state index in [4.69, 9.17) is 4.98 Å². The number of nitrogens with one attached hydrogen (secondary N) is 1. The van der Waals surface area contributed by atoms with Gasteiger partial charge in [0, 0.05) is 32.0 Å². The second-order valence-corrected chi connectivity index (χ2v) is 5.03. The Balaban J connectivity index is 2.05. The van der Waals surface area contributed by atoms with Crippen LogP contribution in [0.2, 0.25) is 0 Å². The van der Waals surface area contributed by atoms with Crippen LogP contribution in [-0.4, -0.2) is 23.1 Å². The summed E-state index contributed by atoms with van der Waals surface area (Å²) in [6.07, 6.45) is 4.81. The molecule has 0 aliphatic carbocycles. The Morgan fingerprint density at radius 3 is 2.62 bits per heavy atom. The van der Waals surface area contributed by atoms with Crippen molar-refractivity contribution in [1.82, 2.24) is 15.3 Å². The van der Waals surface area contributed by atoms with Crippen molar-refractivity contribution in [2.45, 2.75) is 33.4 Å². The highest BCUT2D eigenvalue weighted by Crippen LogP contribution is 2.14. The first-order valence-corrected chi connectivity index (χ1v) is 7.64. The van der Waals surface area contributed by atoms with Gasteiger partial charge in [-0.25, -0.2) is 4.98 Å². The van der Waals surface area contributed by atoms with E-state index in [2.05, 4.69) is 59.4 Å². The molecule has 4 nitrogen and oxygen atoms in total. The highest BCUT2D eigenvalue weighted by Gasteiger charge is 2.07. The molecule has 0 aromatic carbocycles. The van der Waals surface area contributed by atoms with E-state index in [0.29, 0.717) is 0 Å². The van der Waals surface area contributed by atoms with Gasteiger partial charge in [0.25, 0.3) is 0 Å². The molecule has 2 rings (SSSR count). The fourth-order valence-corrected chi connectivity index (χ4v) is 2.20. The number of aromatic nitrogens is 2. The maximum absolute atomic E-state index is 4.76. The summed E-state index contributed by atoms with van der Waals surface area (Å²) >= 11 is 0. The van der Waals surface area contributed by atoms with Crippen LogP contribution in [0.5, 0.6) is 0 Å². The van der Waals surface area contributed by atoms with Crippen LogP contribution in [-0.2, 0) is 13.1 Å². The summed E-state index contributed by atoms with van der Waals surface area (Å²) in [4.78, 5) is 11.1. The SMILES string of the molecule is CCCNCc1cccc(N(CC)Cc2ccncc2)n1. The van der Waals surface area contributed by atoms with Gasteiger partial charge in [-0.2, -0.15) is 0 Å². The lowest BCUT2D eigenvalue weighted by atomic mass is 10.2. The number of nitrogens with zero attached hydrogens (tertiary/aromatic N) is 3. The summed E-state index contributed by atoms with van der Waals surface area (Å²) in [5.41, 5.74) is 2.34. The number of hydrogen-bond acceptors (Lipinski definition) is 4. The first-order valence-electron chi connectivity index (χ1n) is 7.64. The minimum Gasteiger partial charge on any atom is -0.353 e. The molecule has 0 spiro atoms. The zero-order valence-corrected chi connectivity index (χ0v) is 12.9. The highest BCUT2D eigenvalue weighted by molar-refractivity contribution is 5.40. The summed E-state index contributed by atoms with van der Waals surface area (Å²) in [6, 6.07) is 10.3. The minimum atomic E-state index is 0.828. The molecule has 4 heteroatoms. The lowest BCUT2D eigenvalue weighted by Crippen LogP contribution is -2.24. The van der Waals surface area contributed by atoms with Gasteiger partial charge in [-0.1, -0.05) is 13.0 Å². The normalized spacial score (nSPS) is 10.6. The predicted octanol–water partition coefficient (Wildman–Crippen LogP) is 3.00. The molecular formula is C17H24N4. The van der Waals surface area contributed by atoms with Gasteiger partial charge in [-0.05, 0) is 49.7 Å².